The molecule has 0 unspecified atom stereocenters. The molecule has 0 atom stereocenters. The van der Waals surface area contributed by atoms with Crippen molar-refractivity contribution in [1.29, 1.82) is 0 Å². The maximum absolute atomic E-state index is 12.6. The largest absolute Gasteiger partial charge is 0.349 e. The number of hydrogen-bond acceptors (Lipinski definition) is 4. The summed E-state index contributed by atoms with van der Waals surface area (Å²) in [6.45, 7) is 1.44. The zero-order chi connectivity index (χ0) is 21.1. The van der Waals surface area contributed by atoms with Gasteiger partial charge in [0, 0.05) is 34.8 Å². The fourth-order valence-electron chi connectivity index (χ4n) is 2.93. The fraction of sp³-hybridized carbons (Fsp3) is 0.174. The minimum Gasteiger partial charge on any atom is -0.349 e. The molecule has 4 rings (SSSR count). The van der Waals surface area contributed by atoms with E-state index in [0.717, 1.165) is 23.3 Å². The summed E-state index contributed by atoms with van der Waals surface area (Å²) in [6, 6.07) is 18.4. The summed E-state index contributed by atoms with van der Waals surface area (Å²) < 4.78 is 0. The molecule has 1 aliphatic carbocycles. The second-order valence-electron chi connectivity index (χ2n) is 7.20. The molecule has 1 aliphatic rings. The van der Waals surface area contributed by atoms with E-state index in [1.165, 1.54) is 18.3 Å². The molecule has 2 aromatic carbocycles. The van der Waals surface area contributed by atoms with Gasteiger partial charge < -0.3 is 16.0 Å². The van der Waals surface area contributed by atoms with Crippen LogP contribution in [0, 0.1) is 0 Å². The summed E-state index contributed by atoms with van der Waals surface area (Å²) in [6.07, 6.45) is 2.12. The number of thiophene rings is 1. The van der Waals surface area contributed by atoms with E-state index in [1.54, 1.807) is 30.3 Å². The van der Waals surface area contributed by atoms with Gasteiger partial charge in [0.15, 0.2) is 0 Å². The number of benzene rings is 2. The minimum absolute atomic E-state index is 0.0418. The first-order chi connectivity index (χ1) is 14.5. The standard InChI is InChI=1S/C23H21N3O3S/c1-14(27)24-17-6-8-19(9-7-17)26-23(29)21-13-12-20(30-21)15-2-4-16(5-3-15)22(28)25-18-10-11-18/h2-9,12-13,18H,10-11H2,1H3,(H,24,27)(H,25,28)(H,26,29). The van der Waals surface area contributed by atoms with E-state index < -0.39 is 0 Å². The SMILES string of the molecule is CC(=O)Nc1ccc(NC(=O)c2ccc(-c3ccc(C(=O)NC4CC4)cc3)s2)cc1. The smallest absolute Gasteiger partial charge is 0.265 e. The number of rotatable bonds is 6. The van der Waals surface area contributed by atoms with Crippen molar-refractivity contribution in [3.63, 3.8) is 0 Å². The Balaban J connectivity index is 1.39. The molecule has 30 heavy (non-hydrogen) atoms. The molecule has 6 nitrogen and oxygen atoms in total. The lowest BCUT2D eigenvalue weighted by molar-refractivity contribution is -0.114. The van der Waals surface area contributed by atoms with Gasteiger partial charge in [-0.15, -0.1) is 11.3 Å². The molecule has 1 aromatic heterocycles. The first-order valence-electron chi connectivity index (χ1n) is 9.68. The molecule has 1 heterocycles. The molecular weight excluding hydrogens is 398 g/mol. The molecule has 0 aliphatic heterocycles. The summed E-state index contributed by atoms with van der Waals surface area (Å²) in [5, 5.41) is 8.52. The van der Waals surface area contributed by atoms with Crippen molar-refractivity contribution in [2.75, 3.05) is 10.6 Å². The van der Waals surface area contributed by atoms with Crippen LogP contribution in [0.5, 0.6) is 0 Å². The van der Waals surface area contributed by atoms with Crippen LogP contribution < -0.4 is 16.0 Å². The zero-order valence-electron chi connectivity index (χ0n) is 16.4. The Labute approximate surface area is 178 Å². The number of anilines is 2. The van der Waals surface area contributed by atoms with Gasteiger partial charge in [-0.1, -0.05) is 12.1 Å². The highest BCUT2D eigenvalue weighted by molar-refractivity contribution is 7.17. The lowest BCUT2D eigenvalue weighted by Crippen LogP contribution is -2.25. The molecule has 152 valence electrons. The molecule has 7 heteroatoms. The van der Waals surface area contributed by atoms with Crippen LogP contribution in [0.4, 0.5) is 11.4 Å². The van der Waals surface area contributed by atoms with Crippen LogP contribution in [0.2, 0.25) is 0 Å². The van der Waals surface area contributed by atoms with Gasteiger partial charge in [-0.3, -0.25) is 14.4 Å². The van der Waals surface area contributed by atoms with Crippen molar-refractivity contribution in [3.05, 3.63) is 71.1 Å². The average Bonchev–Trinajstić information content (AvgIpc) is 3.40. The van der Waals surface area contributed by atoms with Crippen LogP contribution in [0.3, 0.4) is 0 Å². The highest BCUT2D eigenvalue weighted by Crippen LogP contribution is 2.29. The highest BCUT2D eigenvalue weighted by atomic mass is 32.1. The monoisotopic (exact) mass is 419 g/mol. The minimum atomic E-state index is -0.195. The van der Waals surface area contributed by atoms with Gasteiger partial charge in [-0.05, 0) is 66.9 Å². The fourth-order valence-corrected chi connectivity index (χ4v) is 3.84. The second-order valence-corrected chi connectivity index (χ2v) is 8.29. The third kappa shape index (κ3) is 4.93. The molecule has 0 bridgehead atoms. The summed E-state index contributed by atoms with van der Waals surface area (Å²) in [4.78, 5) is 37.3. The molecule has 1 saturated carbocycles. The Morgan fingerprint density at radius 2 is 1.43 bits per heavy atom. The van der Waals surface area contributed by atoms with Crippen LogP contribution in [0.1, 0.15) is 39.8 Å². The average molecular weight is 420 g/mol. The second kappa shape index (κ2) is 8.51. The van der Waals surface area contributed by atoms with Gasteiger partial charge in [-0.25, -0.2) is 0 Å². The first-order valence-corrected chi connectivity index (χ1v) is 10.5. The van der Waals surface area contributed by atoms with E-state index in [4.69, 9.17) is 0 Å². The molecule has 1 fully saturated rings. The van der Waals surface area contributed by atoms with Crippen LogP contribution >= 0.6 is 11.3 Å². The van der Waals surface area contributed by atoms with E-state index in [9.17, 15) is 14.4 Å². The number of carbonyl (C=O) groups is 3. The van der Waals surface area contributed by atoms with Crippen molar-refractivity contribution in [2.24, 2.45) is 0 Å². The van der Waals surface area contributed by atoms with Gasteiger partial charge in [0.05, 0.1) is 4.88 Å². The molecule has 0 saturated heterocycles. The first kappa shape index (κ1) is 19.8. The topological polar surface area (TPSA) is 87.3 Å². The Morgan fingerprint density at radius 3 is 2.03 bits per heavy atom. The predicted molar refractivity (Wildman–Crippen MR) is 119 cm³/mol. The maximum Gasteiger partial charge on any atom is 0.265 e. The lowest BCUT2D eigenvalue weighted by Gasteiger charge is -2.06. The molecule has 3 aromatic rings. The summed E-state index contributed by atoms with van der Waals surface area (Å²) in [5.74, 6) is -0.381. The van der Waals surface area contributed by atoms with E-state index in [2.05, 4.69) is 16.0 Å². The molecule has 3 N–H and O–H groups in total. The normalized spacial score (nSPS) is 12.8. The summed E-state index contributed by atoms with van der Waals surface area (Å²) in [5.41, 5.74) is 2.92. The molecule has 0 spiro atoms. The van der Waals surface area contributed by atoms with Crippen LogP contribution in [-0.4, -0.2) is 23.8 Å². The van der Waals surface area contributed by atoms with Crippen molar-refractivity contribution >= 4 is 40.4 Å². The number of nitrogens with one attached hydrogen (secondary N) is 3. The van der Waals surface area contributed by atoms with E-state index in [0.29, 0.717) is 27.9 Å². The predicted octanol–water partition coefficient (Wildman–Crippen LogP) is 4.52. The Hall–Kier alpha value is -3.45. The van der Waals surface area contributed by atoms with Gasteiger partial charge >= 0.3 is 0 Å². The van der Waals surface area contributed by atoms with Gasteiger partial charge in [0.25, 0.3) is 11.8 Å². The van der Waals surface area contributed by atoms with Gasteiger partial charge in [0.1, 0.15) is 0 Å². The number of hydrogen-bond donors (Lipinski definition) is 3. The zero-order valence-corrected chi connectivity index (χ0v) is 17.2. The third-order valence-electron chi connectivity index (χ3n) is 4.64. The highest BCUT2D eigenvalue weighted by Gasteiger charge is 2.23. The van der Waals surface area contributed by atoms with Crippen molar-refractivity contribution < 1.29 is 14.4 Å². The van der Waals surface area contributed by atoms with E-state index in [1.807, 2.05) is 30.3 Å². The van der Waals surface area contributed by atoms with Crippen LogP contribution in [0.15, 0.2) is 60.7 Å². The van der Waals surface area contributed by atoms with E-state index in [-0.39, 0.29) is 17.7 Å². The number of amides is 3. The lowest BCUT2D eigenvalue weighted by atomic mass is 10.1. The van der Waals surface area contributed by atoms with Crippen molar-refractivity contribution in [2.45, 2.75) is 25.8 Å². The molecule has 3 amide bonds. The van der Waals surface area contributed by atoms with Crippen LogP contribution in [0.25, 0.3) is 10.4 Å². The number of carbonyl (C=O) groups excluding carboxylic acids is 3. The molecule has 0 radical (unpaired) electrons. The summed E-state index contributed by atoms with van der Waals surface area (Å²) >= 11 is 1.39. The Kier molecular flexibility index (Phi) is 5.63. The molecular formula is C23H21N3O3S. The summed E-state index contributed by atoms with van der Waals surface area (Å²) in [7, 11) is 0. The quantitative estimate of drug-likeness (QED) is 0.549. The van der Waals surface area contributed by atoms with Gasteiger partial charge in [0.2, 0.25) is 5.91 Å². The van der Waals surface area contributed by atoms with E-state index >= 15 is 0 Å². The maximum atomic E-state index is 12.6. The van der Waals surface area contributed by atoms with Crippen molar-refractivity contribution in [1.82, 2.24) is 5.32 Å². The Morgan fingerprint density at radius 1 is 0.800 bits per heavy atom. The van der Waals surface area contributed by atoms with Crippen LogP contribution in [-0.2, 0) is 4.79 Å². The Bertz CT molecular complexity index is 1080. The third-order valence-corrected chi connectivity index (χ3v) is 5.77. The van der Waals surface area contributed by atoms with Crippen molar-refractivity contribution in [3.8, 4) is 10.4 Å². The van der Waals surface area contributed by atoms with Gasteiger partial charge in [-0.2, -0.15) is 0 Å².